The molecule has 0 radical (unpaired) electrons. The predicted octanol–water partition coefficient (Wildman–Crippen LogP) is 6.50. The van der Waals surface area contributed by atoms with Gasteiger partial charge in [-0.25, -0.2) is 8.42 Å². The molecule has 4 rings (SSSR count). The Hall–Kier alpha value is -1.70. The number of carbonyl (C=O) groups excluding carboxylic acids is 1. The smallest absolute Gasteiger partial charge is 0.254 e. The van der Waals surface area contributed by atoms with Crippen molar-refractivity contribution >= 4 is 38.9 Å². The SMILES string of the molecule is CCCCCCOc1c(Cl)cc(C(=O)N(Cc2ccc(C3CC3C)o2)C2CCS(=O)(=O)C2)cc1Cl. The maximum atomic E-state index is 13.6. The predicted molar refractivity (Wildman–Crippen MR) is 138 cm³/mol. The van der Waals surface area contributed by atoms with Gasteiger partial charge in [0, 0.05) is 17.5 Å². The Morgan fingerprint density at radius 1 is 1.17 bits per heavy atom. The standard InChI is InChI=1S/C26H33Cl2NO5S/c1-3-4-5-6-10-33-25-22(27)13-18(14-23(25)28)26(30)29(19-9-11-35(31,32)16-19)15-20-7-8-24(34-20)21-12-17(21)2/h7-8,13-14,17,19,21H,3-6,9-12,15-16H2,1-2H3. The number of amides is 1. The lowest BCUT2D eigenvalue weighted by atomic mass is 10.1. The molecule has 2 fully saturated rings. The van der Waals surface area contributed by atoms with Crippen LogP contribution in [0.5, 0.6) is 5.75 Å². The summed E-state index contributed by atoms with van der Waals surface area (Å²) in [5, 5.41) is 0.525. The molecule has 0 spiro atoms. The molecular weight excluding hydrogens is 509 g/mol. The summed E-state index contributed by atoms with van der Waals surface area (Å²) < 4.78 is 36.2. The van der Waals surface area contributed by atoms with E-state index in [2.05, 4.69) is 13.8 Å². The van der Waals surface area contributed by atoms with Crippen molar-refractivity contribution in [3.63, 3.8) is 0 Å². The van der Waals surface area contributed by atoms with Gasteiger partial charge in [0.05, 0.1) is 34.7 Å². The monoisotopic (exact) mass is 541 g/mol. The van der Waals surface area contributed by atoms with Crippen molar-refractivity contribution in [3.8, 4) is 5.75 Å². The largest absolute Gasteiger partial charge is 0.490 e. The highest BCUT2D eigenvalue weighted by Gasteiger charge is 2.38. The Balaban J connectivity index is 1.52. The summed E-state index contributed by atoms with van der Waals surface area (Å²) in [6.45, 7) is 5.01. The number of carbonyl (C=O) groups is 1. The van der Waals surface area contributed by atoms with Crippen molar-refractivity contribution < 1.29 is 22.4 Å². The van der Waals surface area contributed by atoms with E-state index in [1.165, 1.54) is 0 Å². The van der Waals surface area contributed by atoms with Crippen LogP contribution in [0.25, 0.3) is 0 Å². The lowest BCUT2D eigenvalue weighted by Gasteiger charge is -2.28. The van der Waals surface area contributed by atoms with Crippen molar-refractivity contribution in [2.75, 3.05) is 18.1 Å². The van der Waals surface area contributed by atoms with E-state index < -0.39 is 15.9 Å². The van der Waals surface area contributed by atoms with Gasteiger partial charge in [0.15, 0.2) is 15.6 Å². The van der Waals surface area contributed by atoms with Gasteiger partial charge >= 0.3 is 0 Å². The fraction of sp³-hybridized carbons (Fsp3) is 0.577. The average Bonchev–Trinajstić information content (AvgIpc) is 3.18. The van der Waals surface area contributed by atoms with Gasteiger partial charge in [0.2, 0.25) is 0 Å². The van der Waals surface area contributed by atoms with E-state index >= 15 is 0 Å². The Kier molecular flexibility index (Phi) is 8.39. The lowest BCUT2D eigenvalue weighted by molar-refractivity contribution is 0.0665. The van der Waals surface area contributed by atoms with Gasteiger partial charge in [-0.2, -0.15) is 0 Å². The van der Waals surface area contributed by atoms with Crippen LogP contribution in [0.3, 0.4) is 0 Å². The van der Waals surface area contributed by atoms with Crippen molar-refractivity contribution in [1.82, 2.24) is 4.90 Å². The Morgan fingerprint density at radius 3 is 2.49 bits per heavy atom. The summed E-state index contributed by atoms with van der Waals surface area (Å²) in [4.78, 5) is 15.2. The molecule has 3 atom stereocenters. The fourth-order valence-electron chi connectivity index (χ4n) is 4.64. The average molecular weight is 543 g/mol. The second kappa shape index (κ2) is 11.1. The molecule has 0 bridgehead atoms. The molecule has 0 N–H and O–H groups in total. The number of benzene rings is 1. The number of unbranched alkanes of at least 4 members (excludes halogenated alkanes) is 3. The number of furan rings is 1. The molecule has 2 heterocycles. The molecule has 1 aliphatic carbocycles. The van der Waals surface area contributed by atoms with Gasteiger partial charge in [-0.3, -0.25) is 4.79 Å². The lowest BCUT2D eigenvalue weighted by Crippen LogP contribution is -2.40. The van der Waals surface area contributed by atoms with E-state index in [1.807, 2.05) is 12.1 Å². The molecule has 1 aromatic carbocycles. The van der Waals surface area contributed by atoms with Gasteiger partial charge in [0.1, 0.15) is 11.5 Å². The van der Waals surface area contributed by atoms with E-state index in [9.17, 15) is 13.2 Å². The van der Waals surface area contributed by atoms with E-state index in [4.69, 9.17) is 32.4 Å². The maximum Gasteiger partial charge on any atom is 0.254 e. The normalized spacial score (nSPS) is 22.8. The van der Waals surface area contributed by atoms with Crippen LogP contribution in [0.4, 0.5) is 0 Å². The molecule has 1 aromatic heterocycles. The van der Waals surface area contributed by atoms with Crippen molar-refractivity contribution in [2.45, 2.75) is 70.9 Å². The Morgan fingerprint density at radius 2 is 1.89 bits per heavy atom. The van der Waals surface area contributed by atoms with E-state index in [0.29, 0.717) is 41.9 Å². The van der Waals surface area contributed by atoms with Crippen LogP contribution in [-0.4, -0.2) is 43.4 Å². The van der Waals surface area contributed by atoms with E-state index in [0.717, 1.165) is 37.9 Å². The summed E-state index contributed by atoms with van der Waals surface area (Å²) in [5.74, 6) is 2.62. The number of halogens is 2. The first-order valence-electron chi connectivity index (χ1n) is 12.4. The minimum absolute atomic E-state index is 0.0631. The van der Waals surface area contributed by atoms with Crippen LogP contribution < -0.4 is 4.74 Å². The molecule has 3 unspecified atom stereocenters. The number of sulfone groups is 1. The van der Waals surface area contributed by atoms with Gasteiger partial charge in [-0.15, -0.1) is 0 Å². The first-order chi connectivity index (χ1) is 16.7. The number of ether oxygens (including phenoxy) is 1. The topological polar surface area (TPSA) is 76.8 Å². The first kappa shape index (κ1) is 26.4. The zero-order valence-corrected chi connectivity index (χ0v) is 22.6. The second-order valence-corrected chi connectivity index (χ2v) is 12.8. The van der Waals surface area contributed by atoms with Crippen LogP contribution in [0.1, 0.15) is 80.2 Å². The third-order valence-corrected chi connectivity index (χ3v) is 9.19. The van der Waals surface area contributed by atoms with Crippen molar-refractivity contribution in [1.29, 1.82) is 0 Å². The fourth-order valence-corrected chi connectivity index (χ4v) is 6.97. The number of hydrogen-bond donors (Lipinski definition) is 0. The highest BCUT2D eigenvalue weighted by molar-refractivity contribution is 7.91. The molecule has 2 aromatic rings. The summed E-state index contributed by atoms with van der Waals surface area (Å²) in [5.41, 5.74) is 0.297. The summed E-state index contributed by atoms with van der Waals surface area (Å²) in [6, 6.07) is 6.49. The van der Waals surface area contributed by atoms with Gasteiger partial charge < -0.3 is 14.1 Å². The molecule has 1 amide bonds. The minimum Gasteiger partial charge on any atom is -0.490 e. The second-order valence-electron chi connectivity index (χ2n) is 9.79. The highest BCUT2D eigenvalue weighted by atomic mass is 35.5. The zero-order valence-electron chi connectivity index (χ0n) is 20.3. The molecule has 1 aliphatic heterocycles. The molecule has 1 saturated carbocycles. The van der Waals surface area contributed by atoms with Crippen LogP contribution in [0.2, 0.25) is 10.0 Å². The van der Waals surface area contributed by atoms with Crippen molar-refractivity contribution in [3.05, 3.63) is 51.4 Å². The molecular formula is C26H33Cl2NO5S. The van der Waals surface area contributed by atoms with Crippen molar-refractivity contribution in [2.24, 2.45) is 5.92 Å². The van der Waals surface area contributed by atoms with Crippen LogP contribution in [0.15, 0.2) is 28.7 Å². The number of hydrogen-bond acceptors (Lipinski definition) is 5. The Labute approximate surface area is 217 Å². The summed E-state index contributed by atoms with van der Waals surface area (Å²) in [6.07, 6.45) is 5.73. The first-order valence-corrected chi connectivity index (χ1v) is 15.0. The quantitative estimate of drug-likeness (QED) is 0.303. The van der Waals surface area contributed by atoms with Crippen LogP contribution >= 0.6 is 23.2 Å². The molecule has 35 heavy (non-hydrogen) atoms. The maximum absolute atomic E-state index is 13.6. The summed E-state index contributed by atoms with van der Waals surface area (Å²) >= 11 is 12.9. The van der Waals surface area contributed by atoms with Gasteiger partial charge in [0.25, 0.3) is 5.91 Å². The minimum atomic E-state index is -3.19. The van der Waals surface area contributed by atoms with Gasteiger partial charge in [-0.1, -0.05) is 56.3 Å². The number of rotatable bonds is 11. The molecule has 192 valence electrons. The zero-order chi connectivity index (χ0) is 25.2. The number of nitrogens with zero attached hydrogens (tertiary/aromatic N) is 1. The molecule has 2 aliphatic rings. The van der Waals surface area contributed by atoms with Gasteiger partial charge in [-0.05, 0) is 49.4 Å². The van der Waals surface area contributed by atoms with Crippen LogP contribution in [0, 0.1) is 5.92 Å². The third-order valence-electron chi connectivity index (χ3n) is 6.88. The van der Waals surface area contributed by atoms with E-state index in [1.54, 1.807) is 17.0 Å². The van der Waals surface area contributed by atoms with E-state index in [-0.39, 0.29) is 34.0 Å². The Bertz CT molecular complexity index is 1140. The molecule has 9 heteroatoms. The van der Waals surface area contributed by atoms with Crippen LogP contribution in [-0.2, 0) is 16.4 Å². The molecule has 1 saturated heterocycles. The highest BCUT2D eigenvalue weighted by Crippen LogP contribution is 2.47. The third kappa shape index (κ3) is 6.55. The molecule has 6 nitrogen and oxygen atoms in total. The summed E-state index contributed by atoms with van der Waals surface area (Å²) in [7, 11) is -3.19.